The molecule has 0 N–H and O–H groups in total. The van der Waals surface area contributed by atoms with Crippen LogP contribution in [0.1, 0.15) is 41.5 Å². The molecule has 156 valence electrons. The molecule has 0 heterocycles. The summed E-state index contributed by atoms with van der Waals surface area (Å²) in [7, 11) is 2.87. The van der Waals surface area contributed by atoms with Crippen LogP contribution in [-0.2, 0) is 19.6 Å². The Bertz CT molecular complexity index is 777. The van der Waals surface area contributed by atoms with Crippen molar-refractivity contribution in [3.63, 3.8) is 0 Å². The lowest BCUT2D eigenvalue weighted by molar-refractivity contribution is -0.442. The van der Waals surface area contributed by atoms with Gasteiger partial charge in [0.2, 0.25) is 0 Å². The first-order valence-electron chi connectivity index (χ1n) is 8.79. The van der Waals surface area contributed by atoms with E-state index in [9.17, 15) is 9.59 Å². The number of carbonyl (C=O) groups excluding carboxylic acids is 2. The van der Waals surface area contributed by atoms with Crippen molar-refractivity contribution >= 4 is 11.9 Å². The number of hydrogen-bond donors (Lipinski definition) is 0. The molecule has 0 aliphatic rings. The monoisotopic (exact) mass is 404 g/mol. The van der Waals surface area contributed by atoms with Gasteiger partial charge >= 0.3 is 11.9 Å². The predicted molar refractivity (Wildman–Crippen MR) is 102 cm³/mol. The molecule has 0 spiro atoms. The third kappa shape index (κ3) is 5.94. The maximum Gasteiger partial charge on any atom is 0.376 e. The van der Waals surface area contributed by atoms with E-state index in [1.807, 2.05) is 0 Å². The molecule has 2 aromatic rings. The molecule has 0 aromatic heterocycles. The Labute approximate surface area is 169 Å². The van der Waals surface area contributed by atoms with E-state index in [4.69, 9.17) is 29.0 Å². The zero-order valence-electron chi connectivity index (χ0n) is 17.0. The number of carbonyl (C=O) groups is 2. The normalized spacial score (nSPS) is 11.1. The molecule has 0 amide bonds. The third-order valence-corrected chi connectivity index (χ3v) is 3.78. The van der Waals surface area contributed by atoms with Crippen molar-refractivity contribution in [3.8, 4) is 11.5 Å². The molecule has 0 saturated heterocycles. The summed E-state index contributed by atoms with van der Waals surface area (Å²) < 4.78 is 10.2. The van der Waals surface area contributed by atoms with E-state index < -0.39 is 23.6 Å². The highest BCUT2D eigenvalue weighted by atomic mass is 17.3. The van der Waals surface area contributed by atoms with Crippen LogP contribution in [0.4, 0.5) is 0 Å². The molecular formula is C21H24O8. The van der Waals surface area contributed by atoms with E-state index in [1.54, 1.807) is 57.2 Å². The van der Waals surface area contributed by atoms with Gasteiger partial charge < -0.3 is 9.47 Å². The van der Waals surface area contributed by atoms with E-state index in [2.05, 4.69) is 0 Å². The summed E-state index contributed by atoms with van der Waals surface area (Å²) in [6, 6.07) is 13.0. The molecule has 8 nitrogen and oxygen atoms in total. The smallest absolute Gasteiger partial charge is 0.376 e. The molecule has 0 fully saturated rings. The van der Waals surface area contributed by atoms with E-state index in [1.165, 1.54) is 26.4 Å². The van der Waals surface area contributed by atoms with Gasteiger partial charge in [-0.2, -0.15) is 0 Å². The fraction of sp³-hybridized carbons (Fsp3) is 0.333. The summed E-state index contributed by atoms with van der Waals surface area (Å²) in [5.41, 5.74) is -0.343. The maximum atomic E-state index is 12.3. The second-order valence-corrected chi connectivity index (χ2v) is 7.03. The first kappa shape index (κ1) is 22.2. The van der Waals surface area contributed by atoms with Crippen LogP contribution in [-0.4, -0.2) is 32.4 Å². The van der Waals surface area contributed by atoms with E-state index in [-0.39, 0.29) is 11.1 Å². The second-order valence-electron chi connectivity index (χ2n) is 7.03. The van der Waals surface area contributed by atoms with Crippen LogP contribution in [0.3, 0.4) is 0 Å². The van der Waals surface area contributed by atoms with Gasteiger partial charge in [-0.05, 0) is 24.3 Å². The molecule has 0 saturated carbocycles. The second kappa shape index (κ2) is 9.90. The van der Waals surface area contributed by atoms with Gasteiger partial charge in [-0.1, -0.05) is 45.0 Å². The molecule has 0 aliphatic heterocycles. The van der Waals surface area contributed by atoms with Gasteiger partial charge in [-0.25, -0.2) is 9.59 Å². The van der Waals surface area contributed by atoms with Crippen LogP contribution in [0.2, 0.25) is 0 Å². The first-order valence-corrected chi connectivity index (χ1v) is 8.79. The number of hydrogen-bond acceptors (Lipinski definition) is 8. The summed E-state index contributed by atoms with van der Waals surface area (Å²) in [4.78, 5) is 44.6. The molecule has 29 heavy (non-hydrogen) atoms. The zero-order valence-corrected chi connectivity index (χ0v) is 17.0. The lowest BCUT2D eigenvalue weighted by atomic mass is 9.96. The minimum atomic E-state index is -1.19. The molecular weight excluding hydrogens is 380 g/mol. The predicted octanol–water partition coefficient (Wildman–Crippen LogP) is 3.95. The molecule has 0 aliphatic carbocycles. The largest absolute Gasteiger partial charge is 0.496 e. The van der Waals surface area contributed by atoms with Crippen molar-refractivity contribution in [2.24, 2.45) is 5.41 Å². The standard InChI is InChI=1S/C21H24O8/c1-21(2,3)20(28-26-18(22)14-10-6-8-12-16(14)24-4)29-27-19(23)15-11-7-9-13-17(15)25-5/h6-13,20H,1-5H3. The van der Waals surface area contributed by atoms with E-state index >= 15 is 0 Å². The summed E-state index contributed by atoms with van der Waals surface area (Å²) in [5.74, 6) is -0.901. The quantitative estimate of drug-likeness (QED) is 0.371. The van der Waals surface area contributed by atoms with Crippen LogP contribution in [0.5, 0.6) is 11.5 Å². The number of methoxy groups -OCH3 is 2. The van der Waals surface area contributed by atoms with Crippen molar-refractivity contribution in [2.45, 2.75) is 27.1 Å². The third-order valence-electron chi connectivity index (χ3n) is 3.78. The van der Waals surface area contributed by atoms with Gasteiger partial charge in [-0.3, -0.25) is 9.78 Å². The summed E-state index contributed by atoms with van der Waals surface area (Å²) in [5, 5.41) is 0. The van der Waals surface area contributed by atoms with Crippen LogP contribution < -0.4 is 9.47 Å². The van der Waals surface area contributed by atoms with E-state index in [0.29, 0.717) is 11.5 Å². The highest BCUT2D eigenvalue weighted by molar-refractivity contribution is 5.92. The van der Waals surface area contributed by atoms with Gasteiger partial charge in [-0.15, -0.1) is 9.78 Å². The number of rotatable bonds is 8. The molecule has 0 atom stereocenters. The van der Waals surface area contributed by atoms with Crippen molar-refractivity contribution in [2.75, 3.05) is 14.2 Å². The Morgan fingerprint density at radius 2 is 1.10 bits per heavy atom. The first-order chi connectivity index (χ1) is 13.8. The van der Waals surface area contributed by atoms with Gasteiger partial charge in [0.1, 0.15) is 22.6 Å². The Morgan fingerprint density at radius 1 is 0.724 bits per heavy atom. The summed E-state index contributed by atoms with van der Waals surface area (Å²) in [6.45, 7) is 5.27. The Morgan fingerprint density at radius 3 is 1.45 bits per heavy atom. The average Bonchev–Trinajstić information content (AvgIpc) is 2.72. The summed E-state index contributed by atoms with van der Waals surface area (Å²) >= 11 is 0. The van der Waals surface area contributed by atoms with Crippen LogP contribution in [0.15, 0.2) is 48.5 Å². The molecule has 2 aromatic carbocycles. The van der Waals surface area contributed by atoms with Crippen molar-refractivity contribution in [3.05, 3.63) is 59.7 Å². The fourth-order valence-corrected chi connectivity index (χ4v) is 2.20. The molecule has 8 heteroatoms. The number of para-hydroxylation sites is 2. The SMILES string of the molecule is COc1ccccc1C(=O)OOC(OOC(=O)c1ccccc1OC)C(C)(C)C. The van der Waals surface area contributed by atoms with Crippen molar-refractivity contribution in [1.82, 2.24) is 0 Å². The van der Waals surface area contributed by atoms with Gasteiger partial charge in [0, 0.05) is 5.41 Å². The maximum absolute atomic E-state index is 12.3. The number of ether oxygens (including phenoxy) is 2. The topological polar surface area (TPSA) is 89.5 Å². The number of benzene rings is 2. The highest BCUT2D eigenvalue weighted by Gasteiger charge is 2.32. The Balaban J connectivity index is 2.03. The summed E-state index contributed by atoms with van der Waals surface area (Å²) in [6.07, 6.45) is -1.19. The van der Waals surface area contributed by atoms with Crippen molar-refractivity contribution < 1.29 is 38.6 Å². The minimum Gasteiger partial charge on any atom is -0.496 e. The van der Waals surface area contributed by atoms with Crippen LogP contribution >= 0.6 is 0 Å². The zero-order chi connectivity index (χ0) is 21.4. The van der Waals surface area contributed by atoms with Crippen LogP contribution in [0.25, 0.3) is 0 Å². The van der Waals surface area contributed by atoms with Gasteiger partial charge in [0.05, 0.1) is 14.2 Å². The molecule has 0 bridgehead atoms. The average molecular weight is 404 g/mol. The van der Waals surface area contributed by atoms with Crippen molar-refractivity contribution in [1.29, 1.82) is 0 Å². The van der Waals surface area contributed by atoms with E-state index in [0.717, 1.165) is 0 Å². The lowest BCUT2D eigenvalue weighted by Crippen LogP contribution is -2.34. The fourth-order valence-electron chi connectivity index (χ4n) is 2.20. The Kier molecular flexibility index (Phi) is 7.58. The minimum absolute atomic E-state index is 0.175. The Hall–Kier alpha value is -3.10. The lowest BCUT2D eigenvalue weighted by Gasteiger charge is -2.26. The van der Waals surface area contributed by atoms with Gasteiger partial charge in [0.25, 0.3) is 6.29 Å². The molecule has 0 radical (unpaired) electrons. The van der Waals surface area contributed by atoms with Crippen LogP contribution in [0, 0.1) is 5.41 Å². The molecule has 2 rings (SSSR count). The van der Waals surface area contributed by atoms with Gasteiger partial charge in [0.15, 0.2) is 0 Å². The highest BCUT2D eigenvalue weighted by Crippen LogP contribution is 2.26. The molecule has 0 unspecified atom stereocenters.